The molecule has 1 atom stereocenters. The molecule has 2 aromatic heterocycles. The molecule has 2 aromatic rings. The first-order valence-electron chi connectivity index (χ1n) is 5.30. The molecular formula is C11H12ClN3O. The van der Waals surface area contributed by atoms with Crippen molar-refractivity contribution in [1.29, 1.82) is 0 Å². The molecule has 16 heavy (non-hydrogen) atoms. The molecule has 4 nitrogen and oxygen atoms in total. The first-order chi connectivity index (χ1) is 7.86. The highest BCUT2D eigenvalue weighted by Gasteiger charge is 2.20. The van der Waals surface area contributed by atoms with Gasteiger partial charge in [-0.15, -0.1) is 0 Å². The van der Waals surface area contributed by atoms with Crippen LogP contribution in [0.4, 0.5) is 0 Å². The van der Waals surface area contributed by atoms with Gasteiger partial charge in [0.2, 0.25) is 0 Å². The van der Waals surface area contributed by atoms with Gasteiger partial charge in [-0.3, -0.25) is 0 Å². The highest BCUT2D eigenvalue weighted by atomic mass is 35.5. The smallest absolute Gasteiger partial charge is 0.143 e. The van der Waals surface area contributed by atoms with Crippen LogP contribution in [-0.4, -0.2) is 29.1 Å². The summed E-state index contributed by atoms with van der Waals surface area (Å²) in [4.78, 5) is 4.39. The van der Waals surface area contributed by atoms with E-state index in [1.807, 2.05) is 22.7 Å². The van der Waals surface area contributed by atoms with E-state index >= 15 is 0 Å². The number of hydrogen-bond acceptors (Lipinski definition) is 3. The molecule has 3 rings (SSSR count). The van der Waals surface area contributed by atoms with Gasteiger partial charge < -0.3 is 14.5 Å². The van der Waals surface area contributed by atoms with Crippen molar-refractivity contribution < 1.29 is 4.74 Å². The number of nitrogens with one attached hydrogen (secondary N) is 1. The fourth-order valence-corrected chi connectivity index (χ4v) is 2.19. The van der Waals surface area contributed by atoms with Crippen LogP contribution in [0, 0.1) is 0 Å². The largest absolute Gasteiger partial charge is 0.368 e. The van der Waals surface area contributed by atoms with Crippen molar-refractivity contribution >= 4 is 17.1 Å². The van der Waals surface area contributed by atoms with E-state index in [9.17, 15) is 0 Å². The maximum absolute atomic E-state index is 6.09. The second kappa shape index (κ2) is 4.05. The van der Waals surface area contributed by atoms with Crippen molar-refractivity contribution in [3.05, 3.63) is 35.4 Å². The van der Waals surface area contributed by atoms with Gasteiger partial charge in [-0.2, -0.15) is 0 Å². The minimum Gasteiger partial charge on any atom is -0.368 e. The topological polar surface area (TPSA) is 38.6 Å². The van der Waals surface area contributed by atoms with Crippen molar-refractivity contribution in [2.75, 3.05) is 19.7 Å². The highest BCUT2D eigenvalue weighted by Crippen LogP contribution is 2.23. The molecule has 1 aliphatic heterocycles. The lowest BCUT2D eigenvalue weighted by atomic mass is 10.3. The van der Waals surface area contributed by atoms with Gasteiger partial charge in [0.25, 0.3) is 0 Å². The Bertz CT molecular complexity index is 505. The van der Waals surface area contributed by atoms with Crippen LogP contribution in [0.2, 0.25) is 5.02 Å². The van der Waals surface area contributed by atoms with E-state index in [-0.39, 0.29) is 6.10 Å². The molecule has 0 amide bonds. The molecular weight excluding hydrogens is 226 g/mol. The van der Waals surface area contributed by atoms with Gasteiger partial charge >= 0.3 is 0 Å². The molecule has 5 heteroatoms. The molecule has 1 saturated heterocycles. The zero-order valence-corrected chi connectivity index (χ0v) is 9.44. The van der Waals surface area contributed by atoms with Crippen molar-refractivity contribution in [2.24, 2.45) is 0 Å². The molecule has 0 saturated carbocycles. The Kier molecular flexibility index (Phi) is 2.55. The molecule has 1 N–H and O–H groups in total. The van der Waals surface area contributed by atoms with E-state index in [1.54, 1.807) is 6.20 Å². The minimum absolute atomic E-state index is 0.00900. The number of aromatic nitrogens is 2. The van der Waals surface area contributed by atoms with E-state index in [0.717, 1.165) is 31.0 Å². The van der Waals surface area contributed by atoms with Gasteiger partial charge in [-0.1, -0.05) is 11.6 Å². The predicted molar refractivity (Wildman–Crippen MR) is 61.8 cm³/mol. The first kappa shape index (κ1) is 10.1. The Morgan fingerprint density at radius 1 is 1.56 bits per heavy atom. The number of rotatable bonds is 1. The maximum Gasteiger partial charge on any atom is 0.143 e. The summed E-state index contributed by atoms with van der Waals surface area (Å²) in [7, 11) is 0. The Labute approximate surface area is 98.2 Å². The number of halogens is 1. The fraction of sp³-hybridized carbons (Fsp3) is 0.364. The molecule has 1 fully saturated rings. The van der Waals surface area contributed by atoms with Gasteiger partial charge in [0, 0.05) is 19.3 Å². The molecule has 84 valence electrons. The molecule has 0 radical (unpaired) electrons. The lowest BCUT2D eigenvalue weighted by Gasteiger charge is -2.22. The van der Waals surface area contributed by atoms with Crippen molar-refractivity contribution in [3.63, 3.8) is 0 Å². The summed E-state index contributed by atoms with van der Waals surface area (Å²) in [5, 5.41) is 4.00. The molecule has 0 aliphatic carbocycles. The summed E-state index contributed by atoms with van der Waals surface area (Å²) in [6.45, 7) is 2.42. The number of morpholine rings is 1. The number of hydrogen-bond donors (Lipinski definition) is 1. The molecule has 1 aliphatic rings. The number of fused-ring (bicyclic) bond motifs is 1. The van der Waals surface area contributed by atoms with E-state index in [1.165, 1.54) is 0 Å². The summed E-state index contributed by atoms with van der Waals surface area (Å²) in [6, 6.07) is 3.78. The lowest BCUT2D eigenvalue weighted by molar-refractivity contribution is 0.0218. The van der Waals surface area contributed by atoms with Crippen LogP contribution in [0.3, 0.4) is 0 Å². The van der Waals surface area contributed by atoms with Crippen LogP contribution in [0.25, 0.3) is 5.52 Å². The quantitative estimate of drug-likeness (QED) is 0.820. The van der Waals surface area contributed by atoms with Crippen LogP contribution < -0.4 is 5.32 Å². The number of nitrogens with zero attached hydrogens (tertiary/aromatic N) is 2. The summed E-state index contributed by atoms with van der Waals surface area (Å²) < 4.78 is 7.67. The normalized spacial score (nSPS) is 21.4. The Morgan fingerprint density at radius 2 is 2.50 bits per heavy atom. The van der Waals surface area contributed by atoms with Gasteiger partial charge in [-0.25, -0.2) is 4.98 Å². The van der Waals surface area contributed by atoms with Crippen LogP contribution >= 0.6 is 11.6 Å². The predicted octanol–water partition coefficient (Wildman–Crippen LogP) is 1.65. The van der Waals surface area contributed by atoms with Gasteiger partial charge in [0.15, 0.2) is 0 Å². The third kappa shape index (κ3) is 1.59. The zero-order chi connectivity index (χ0) is 11.0. The standard InChI is InChI=1S/C11H12ClN3O/c12-8-2-1-4-15-9(8)6-14-11(15)10-7-13-3-5-16-10/h1-2,4,6,10,13H,3,5,7H2. The van der Waals surface area contributed by atoms with E-state index < -0.39 is 0 Å². The molecule has 0 aromatic carbocycles. The fourth-order valence-electron chi connectivity index (χ4n) is 1.98. The number of imidazole rings is 1. The summed E-state index contributed by atoms with van der Waals surface area (Å²) >= 11 is 6.09. The molecule has 0 bridgehead atoms. The zero-order valence-electron chi connectivity index (χ0n) is 8.69. The van der Waals surface area contributed by atoms with Crippen LogP contribution in [0.5, 0.6) is 0 Å². The van der Waals surface area contributed by atoms with E-state index in [0.29, 0.717) is 5.02 Å². The molecule has 1 unspecified atom stereocenters. The first-order valence-corrected chi connectivity index (χ1v) is 5.68. The van der Waals surface area contributed by atoms with Crippen molar-refractivity contribution in [1.82, 2.24) is 14.7 Å². The summed E-state index contributed by atoms with van der Waals surface area (Å²) in [6.07, 6.45) is 3.76. The lowest BCUT2D eigenvalue weighted by Crippen LogP contribution is -2.34. The Morgan fingerprint density at radius 3 is 3.31 bits per heavy atom. The highest BCUT2D eigenvalue weighted by molar-refractivity contribution is 6.33. The second-order valence-electron chi connectivity index (χ2n) is 3.79. The maximum atomic E-state index is 6.09. The summed E-state index contributed by atoms with van der Waals surface area (Å²) in [5.74, 6) is 0.907. The SMILES string of the molecule is Clc1cccn2c(C3CNCCO3)ncc12. The number of pyridine rings is 1. The van der Waals surface area contributed by atoms with Crippen LogP contribution in [-0.2, 0) is 4.74 Å². The average Bonchev–Trinajstić information content (AvgIpc) is 2.75. The third-order valence-corrected chi connectivity index (χ3v) is 3.08. The van der Waals surface area contributed by atoms with Crippen molar-refractivity contribution in [2.45, 2.75) is 6.10 Å². The molecule has 3 heterocycles. The third-order valence-electron chi connectivity index (χ3n) is 2.76. The monoisotopic (exact) mass is 237 g/mol. The van der Waals surface area contributed by atoms with Gasteiger partial charge in [0.05, 0.1) is 23.3 Å². The van der Waals surface area contributed by atoms with Crippen LogP contribution in [0.1, 0.15) is 11.9 Å². The van der Waals surface area contributed by atoms with E-state index in [2.05, 4.69) is 10.3 Å². The van der Waals surface area contributed by atoms with Gasteiger partial charge in [0.1, 0.15) is 11.9 Å². The second-order valence-corrected chi connectivity index (χ2v) is 4.20. The van der Waals surface area contributed by atoms with E-state index in [4.69, 9.17) is 16.3 Å². The van der Waals surface area contributed by atoms with Gasteiger partial charge in [-0.05, 0) is 12.1 Å². The molecule has 0 spiro atoms. The van der Waals surface area contributed by atoms with Crippen LogP contribution in [0.15, 0.2) is 24.5 Å². The average molecular weight is 238 g/mol. The Balaban J connectivity index is 2.06. The Hall–Kier alpha value is -1.10. The number of ether oxygens (including phenoxy) is 1. The van der Waals surface area contributed by atoms with Crippen molar-refractivity contribution in [3.8, 4) is 0 Å². The summed E-state index contributed by atoms with van der Waals surface area (Å²) in [5.41, 5.74) is 0.924. The minimum atomic E-state index is 0.00900.